The lowest BCUT2D eigenvalue weighted by Crippen LogP contribution is -2.34. The van der Waals surface area contributed by atoms with Gasteiger partial charge in [-0.25, -0.2) is 4.98 Å². The monoisotopic (exact) mass is 260 g/mol. The molecule has 0 amide bonds. The van der Waals surface area contributed by atoms with E-state index in [1.807, 2.05) is 6.07 Å². The molecule has 3 rings (SSSR count). The van der Waals surface area contributed by atoms with Crippen LogP contribution >= 0.6 is 0 Å². The lowest BCUT2D eigenvalue weighted by molar-refractivity contribution is 0.186. The SMILES string of the molecule is CCNC1COCC1c1nc2cc(CC)ccc2o1. The first-order valence-electron chi connectivity index (χ1n) is 7.02. The number of rotatable bonds is 4. The largest absolute Gasteiger partial charge is 0.440 e. The van der Waals surface area contributed by atoms with Crippen LogP contribution < -0.4 is 5.32 Å². The molecule has 2 aromatic rings. The fourth-order valence-corrected chi connectivity index (χ4v) is 2.63. The summed E-state index contributed by atoms with van der Waals surface area (Å²) < 4.78 is 11.5. The maximum absolute atomic E-state index is 5.90. The van der Waals surface area contributed by atoms with Gasteiger partial charge < -0.3 is 14.5 Å². The molecule has 19 heavy (non-hydrogen) atoms. The Morgan fingerprint density at radius 1 is 1.32 bits per heavy atom. The Kier molecular flexibility index (Phi) is 3.53. The zero-order valence-electron chi connectivity index (χ0n) is 11.5. The quantitative estimate of drug-likeness (QED) is 0.917. The summed E-state index contributed by atoms with van der Waals surface area (Å²) in [5.41, 5.74) is 3.11. The molecule has 1 aliphatic heterocycles. The zero-order valence-corrected chi connectivity index (χ0v) is 11.5. The molecule has 102 valence electrons. The number of aromatic nitrogens is 1. The molecule has 2 heterocycles. The third kappa shape index (κ3) is 2.38. The van der Waals surface area contributed by atoms with Crippen LogP contribution in [0.5, 0.6) is 0 Å². The van der Waals surface area contributed by atoms with Crippen molar-refractivity contribution in [2.45, 2.75) is 32.2 Å². The highest BCUT2D eigenvalue weighted by atomic mass is 16.5. The molecule has 0 bridgehead atoms. The van der Waals surface area contributed by atoms with Crippen molar-refractivity contribution in [1.82, 2.24) is 10.3 Å². The topological polar surface area (TPSA) is 47.3 Å². The van der Waals surface area contributed by atoms with E-state index in [0.717, 1.165) is 36.6 Å². The highest BCUT2D eigenvalue weighted by molar-refractivity contribution is 5.73. The van der Waals surface area contributed by atoms with E-state index in [1.54, 1.807) is 0 Å². The van der Waals surface area contributed by atoms with Gasteiger partial charge in [-0.2, -0.15) is 0 Å². The van der Waals surface area contributed by atoms with Crippen LogP contribution in [0, 0.1) is 0 Å². The third-order valence-electron chi connectivity index (χ3n) is 3.74. The van der Waals surface area contributed by atoms with Gasteiger partial charge in [-0.05, 0) is 30.7 Å². The van der Waals surface area contributed by atoms with Crippen LogP contribution in [0.15, 0.2) is 22.6 Å². The lowest BCUT2D eigenvalue weighted by atomic mass is 10.0. The van der Waals surface area contributed by atoms with Crippen molar-refractivity contribution in [2.75, 3.05) is 19.8 Å². The molecule has 1 aromatic carbocycles. The average molecular weight is 260 g/mol. The molecule has 1 aliphatic rings. The third-order valence-corrected chi connectivity index (χ3v) is 3.74. The summed E-state index contributed by atoms with van der Waals surface area (Å²) in [5.74, 6) is 1.02. The first kappa shape index (κ1) is 12.6. The van der Waals surface area contributed by atoms with Gasteiger partial charge in [-0.15, -0.1) is 0 Å². The number of hydrogen-bond acceptors (Lipinski definition) is 4. The Labute approximate surface area is 113 Å². The van der Waals surface area contributed by atoms with Crippen LogP contribution in [-0.4, -0.2) is 30.8 Å². The highest BCUT2D eigenvalue weighted by Gasteiger charge is 2.32. The molecular formula is C15H20N2O2. The van der Waals surface area contributed by atoms with E-state index in [1.165, 1.54) is 5.56 Å². The number of fused-ring (bicyclic) bond motifs is 1. The molecular weight excluding hydrogens is 240 g/mol. The summed E-state index contributed by atoms with van der Waals surface area (Å²) in [5, 5.41) is 3.43. The minimum atomic E-state index is 0.220. The summed E-state index contributed by atoms with van der Waals surface area (Å²) in [6.07, 6.45) is 1.02. The van der Waals surface area contributed by atoms with E-state index >= 15 is 0 Å². The van der Waals surface area contributed by atoms with Crippen molar-refractivity contribution in [3.63, 3.8) is 0 Å². The number of oxazole rings is 1. The van der Waals surface area contributed by atoms with E-state index in [2.05, 4.69) is 36.3 Å². The van der Waals surface area contributed by atoms with Crippen LogP contribution in [-0.2, 0) is 11.2 Å². The van der Waals surface area contributed by atoms with Crippen LogP contribution in [0.4, 0.5) is 0 Å². The summed E-state index contributed by atoms with van der Waals surface area (Å²) >= 11 is 0. The maximum atomic E-state index is 5.90. The molecule has 1 fully saturated rings. The number of aryl methyl sites for hydroxylation is 1. The minimum absolute atomic E-state index is 0.220. The average Bonchev–Trinajstić information content (AvgIpc) is 3.03. The molecule has 1 aromatic heterocycles. The molecule has 2 atom stereocenters. The maximum Gasteiger partial charge on any atom is 0.202 e. The molecule has 1 saturated heterocycles. The number of likely N-dealkylation sites (N-methyl/N-ethyl adjacent to an activating group) is 1. The standard InChI is InChI=1S/C15H20N2O2/c1-3-10-5-6-14-12(7-10)17-15(19-14)11-8-18-9-13(11)16-4-2/h5-7,11,13,16H,3-4,8-9H2,1-2H3. The van der Waals surface area contributed by atoms with Gasteiger partial charge in [-0.1, -0.05) is 19.9 Å². The smallest absolute Gasteiger partial charge is 0.202 e. The second-order valence-corrected chi connectivity index (χ2v) is 5.02. The predicted octanol–water partition coefficient (Wildman–Crippen LogP) is 2.48. The number of nitrogens with zero attached hydrogens (tertiary/aromatic N) is 1. The van der Waals surface area contributed by atoms with Gasteiger partial charge >= 0.3 is 0 Å². The number of ether oxygens (including phenoxy) is 1. The first-order valence-corrected chi connectivity index (χ1v) is 7.02. The number of benzene rings is 1. The molecule has 4 heteroatoms. The molecule has 4 nitrogen and oxygen atoms in total. The van der Waals surface area contributed by atoms with Crippen molar-refractivity contribution in [2.24, 2.45) is 0 Å². The van der Waals surface area contributed by atoms with Crippen LogP contribution in [0.25, 0.3) is 11.1 Å². The van der Waals surface area contributed by atoms with Gasteiger partial charge in [0.1, 0.15) is 5.52 Å². The predicted molar refractivity (Wildman–Crippen MR) is 74.4 cm³/mol. The van der Waals surface area contributed by atoms with Crippen molar-refractivity contribution in [1.29, 1.82) is 0 Å². The lowest BCUT2D eigenvalue weighted by Gasteiger charge is -2.14. The summed E-state index contributed by atoms with van der Waals surface area (Å²) in [6, 6.07) is 6.54. The van der Waals surface area contributed by atoms with Gasteiger partial charge in [0.15, 0.2) is 5.58 Å². The van der Waals surface area contributed by atoms with E-state index in [-0.39, 0.29) is 5.92 Å². The first-order chi connectivity index (χ1) is 9.31. The fourth-order valence-electron chi connectivity index (χ4n) is 2.63. The zero-order chi connectivity index (χ0) is 13.2. The molecule has 0 spiro atoms. The van der Waals surface area contributed by atoms with E-state index in [0.29, 0.717) is 12.6 Å². The van der Waals surface area contributed by atoms with Crippen LogP contribution in [0.1, 0.15) is 31.2 Å². The summed E-state index contributed by atoms with van der Waals surface area (Å²) in [6.45, 7) is 6.61. The van der Waals surface area contributed by atoms with Crippen LogP contribution in [0.2, 0.25) is 0 Å². The normalized spacial score (nSPS) is 23.3. The molecule has 1 N–H and O–H groups in total. The molecule has 0 aliphatic carbocycles. The van der Waals surface area contributed by atoms with Gasteiger partial charge in [0.05, 0.1) is 19.1 Å². The van der Waals surface area contributed by atoms with Crippen LogP contribution in [0.3, 0.4) is 0 Å². The van der Waals surface area contributed by atoms with Gasteiger partial charge in [0, 0.05) is 6.04 Å². The number of hydrogen-bond donors (Lipinski definition) is 1. The Morgan fingerprint density at radius 3 is 3.00 bits per heavy atom. The minimum Gasteiger partial charge on any atom is -0.440 e. The molecule has 0 radical (unpaired) electrons. The second-order valence-electron chi connectivity index (χ2n) is 5.02. The van der Waals surface area contributed by atoms with Crippen molar-refractivity contribution in [3.05, 3.63) is 29.7 Å². The summed E-state index contributed by atoms with van der Waals surface area (Å²) in [4.78, 5) is 4.65. The Balaban J connectivity index is 1.92. The Morgan fingerprint density at radius 2 is 2.21 bits per heavy atom. The Hall–Kier alpha value is -1.39. The van der Waals surface area contributed by atoms with E-state index in [9.17, 15) is 0 Å². The molecule has 0 saturated carbocycles. The number of nitrogens with one attached hydrogen (secondary N) is 1. The van der Waals surface area contributed by atoms with E-state index < -0.39 is 0 Å². The fraction of sp³-hybridized carbons (Fsp3) is 0.533. The van der Waals surface area contributed by atoms with Crippen molar-refractivity contribution >= 4 is 11.1 Å². The summed E-state index contributed by atoms with van der Waals surface area (Å²) in [7, 11) is 0. The van der Waals surface area contributed by atoms with Gasteiger partial charge in [-0.3, -0.25) is 0 Å². The highest BCUT2D eigenvalue weighted by Crippen LogP contribution is 2.28. The molecule has 2 unspecified atom stereocenters. The second kappa shape index (κ2) is 5.31. The van der Waals surface area contributed by atoms with E-state index in [4.69, 9.17) is 9.15 Å². The Bertz CT molecular complexity index is 564. The van der Waals surface area contributed by atoms with Gasteiger partial charge in [0.25, 0.3) is 0 Å². The van der Waals surface area contributed by atoms with Gasteiger partial charge in [0.2, 0.25) is 5.89 Å². The van der Waals surface area contributed by atoms with Crippen molar-refractivity contribution < 1.29 is 9.15 Å². The van der Waals surface area contributed by atoms with Crippen molar-refractivity contribution in [3.8, 4) is 0 Å².